The summed E-state index contributed by atoms with van der Waals surface area (Å²) in [4.78, 5) is 11.4. The topological polar surface area (TPSA) is 71.3 Å². The number of hydrogen-bond acceptors (Lipinski definition) is 4. The summed E-state index contributed by atoms with van der Waals surface area (Å²) in [6.45, 7) is 7.72. The molecule has 2 aromatic rings. The summed E-state index contributed by atoms with van der Waals surface area (Å²) in [5, 5.41) is 11.2. The molecule has 0 bridgehead atoms. The number of nitrogens with zero attached hydrogens (tertiary/aromatic N) is 1. The largest absolute Gasteiger partial charge is 0.490 e. The van der Waals surface area contributed by atoms with Crippen LogP contribution in [0.4, 0.5) is 0 Å². The van der Waals surface area contributed by atoms with Gasteiger partial charge in [0.1, 0.15) is 31.1 Å². The molecule has 2 aromatic carbocycles. The van der Waals surface area contributed by atoms with Gasteiger partial charge < -0.3 is 14.8 Å². The van der Waals surface area contributed by atoms with E-state index in [0.29, 0.717) is 32.1 Å². The number of amides is 1. The second kappa shape index (κ2) is 11.0. The Morgan fingerprint density at radius 1 is 1.11 bits per heavy atom. The lowest BCUT2D eigenvalue weighted by Gasteiger charge is -2.16. The fourth-order valence-corrected chi connectivity index (χ4v) is 2.87. The maximum Gasteiger partial charge on any atom is 0.234 e. The van der Waals surface area contributed by atoms with E-state index in [1.807, 2.05) is 30.3 Å². The highest BCUT2D eigenvalue weighted by molar-refractivity contribution is 5.77. The lowest BCUT2D eigenvalue weighted by atomic mass is 10.0. The molecule has 1 N–H and O–H groups in total. The Morgan fingerprint density at radius 3 is 2.54 bits per heavy atom. The number of para-hydroxylation sites is 1. The second-order valence-electron chi connectivity index (χ2n) is 6.94. The molecule has 0 aliphatic rings. The molecular weight excluding hydrogens is 352 g/mol. The van der Waals surface area contributed by atoms with Crippen LogP contribution < -0.4 is 14.8 Å². The number of nitrogens with one attached hydrogen (secondary N) is 1. The highest BCUT2D eigenvalue weighted by Crippen LogP contribution is 2.27. The third kappa shape index (κ3) is 6.62. The number of hydrogen-bond donors (Lipinski definition) is 1. The molecule has 5 heteroatoms. The van der Waals surface area contributed by atoms with Crippen LogP contribution in [-0.2, 0) is 11.2 Å². The number of nitriles is 1. The maximum atomic E-state index is 11.4. The third-order valence-corrected chi connectivity index (χ3v) is 4.32. The SMILES string of the molecule is Cc1ccc(C(C)C)c(OCCOc2ccccc2CCNC(=O)CC#N)c1. The Kier molecular flexibility index (Phi) is 8.36. The summed E-state index contributed by atoms with van der Waals surface area (Å²) < 4.78 is 11.9. The Morgan fingerprint density at radius 2 is 1.82 bits per heavy atom. The minimum atomic E-state index is -0.256. The van der Waals surface area contributed by atoms with Crippen molar-refractivity contribution in [2.75, 3.05) is 19.8 Å². The van der Waals surface area contributed by atoms with Gasteiger partial charge in [0.05, 0.1) is 6.07 Å². The van der Waals surface area contributed by atoms with E-state index in [-0.39, 0.29) is 12.3 Å². The van der Waals surface area contributed by atoms with Crippen molar-refractivity contribution in [1.82, 2.24) is 5.32 Å². The Balaban J connectivity index is 1.86. The summed E-state index contributed by atoms with van der Waals surface area (Å²) >= 11 is 0. The highest BCUT2D eigenvalue weighted by Gasteiger charge is 2.09. The molecule has 0 saturated heterocycles. The molecule has 0 fully saturated rings. The summed E-state index contributed by atoms with van der Waals surface area (Å²) in [5.74, 6) is 1.84. The first-order chi connectivity index (χ1) is 13.5. The van der Waals surface area contributed by atoms with Crippen molar-refractivity contribution in [3.05, 3.63) is 59.2 Å². The zero-order valence-corrected chi connectivity index (χ0v) is 16.8. The van der Waals surface area contributed by atoms with Gasteiger partial charge in [0.15, 0.2) is 0 Å². The van der Waals surface area contributed by atoms with Crippen molar-refractivity contribution >= 4 is 5.91 Å². The molecule has 0 spiro atoms. The van der Waals surface area contributed by atoms with Crippen molar-refractivity contribution in [2.24, 2.45) is 0 Å². The summed E-state index contributed by atoms with van der Waals surface area (Å²) in [6, 6.07) is 15.9. The van der Waals surface area contributed by atoms with Gasteiger partial charge >= 0.3 is 0 Å². The van der Waals surface area contributed by atoms with Crippen LogP contribution in [-0.4, -0.2) is 25.7 Å². The van der Waals surface area contributed by atoms with Crippen molar-refractivity contribution in [1.29, 1.82) is 5.26 Å². The first-order valence-electron chi connectivity index (χ1n) is 9.59. The Bertz CT molecular complexity index is 825. The summed E-state index contributed by atoms with van der Waals surface area (Å²) in [5.41, 5.74) is 3.38. The summed E-state index contributed by atoms with van der Waals surface area (Å²) in [7, 11) is 0. The molecule has 0 radical (unpaired) electrons. The number of ether oxygens (including phenoxy) is 2. The zero-order chi connectivity index (χ0) is 20.4. The lowest BCUT2D eigenvalue weighted by molar-refractivity contribution is -0.120. The van der Waals surface area contributed by atoms with Crippen LogP contribution in [0.3, 0.4) is 0 Å². The first kappa shape index (κ1) is 21.3. The van der Waals surface area contributed by atoms with Gasteiger partial charge in [-0.1, -0.05) is 44.2 Å². The van der Waals surface area contributed by atoms with Gasteiger partial charge in [-0.25, -0.2) is 0 Å². The van der Waals surface area contributed by atoms with Crippen molar-refractivity contribution in [2.45, 2.75) is 39.5 Å². The molecule has 0 unspecified atom stereocenters. The Labute approximate surface area is 167 Å². The molecule has 0 heterocycles. The number of benzene rings is 2. The van der Waals surface area contributed by atoms with Gasteiger partial charge in [0.25, 0.3) is 0 Å². The molecule has 0 atom stereocenters. The first-order valence-corrected chi connectivity index (χ1v) is 9.59. The molecule has 5 nitrogen and oxygen atoms in total. The third-order valence-electron chi connectivity index (χ3n) is 4.32. The van der Waals surface area contributed by atoms with Gasteiger partial charge in [-0.3, -0.25) is 4.79 Å². The van der Waals surface area contributed by atoms with Crippen molar-refractivity contribution < 1.29 is 14.3 Å². The van der Waals surface area contributed by atoms with Crippen LogP contribution in [0.5, 0.6) is 11.5 Å². The van der Waals surface area contributed by atoms with Gasteiger partial charge in [-0.05, 0) is 48.1 Å². The minimum Gasteiger partial charge on any atom is -0.490 e. The monoisotopic (exact) mass is 380 g/mol. The molecule has 148 valence electrons. The van der Waals surface area contributed by atoms with Crippen molar-refractivity contribution in [3.8, 4) is 17.6 Å². The van der Waals surface area contributed by atoms with Crippen LogP contribution in [0.25, 0.3) is 0 Å². The molecule has 0 saturated carbocycles. The molecule has 28 heavy (non-hydrogen) atoms. The number of rotatable bonds is 10. The number of aryl methyl sites for hydroxylation is 1. The van der Waals surface area contributed by atoms with Gasteiger partial charge in [0.2, 0.25) is 5.91 Å². The van der Waals surface area contributed by atoms with Gasteiger partial charge in [-0.2, -0.15) is 5.26 Å². The van der Waals surface area contributed by atoms with Crippen LogP contribution in [0.1, 0.15) is 42.9 Å². The molecule has 1 amide bonds. The number of carbonyl (C=O) groups is 1. The standard InChI is InChI=1S/C23H28N2O3/c1-17(2)20-9-8-18(3)16-22(20)28-15-14-27-21-7-5-4-6-19(21)11-13-25-23(26)10-12-24/h4-9,16-17H,10-11,13-15H2,1-3H3,(H,25,26). The summed E-state index contributed by atoms with van der Waals surface area (Å²) in [6.07, 6.45) is 0.524. The Hall–Kier alpha value is -3.00. The molecular formula is C23H28N2O3. The second-order valence-corrected chi connectivity index (χ2v) is 6.94. The van der Waals surface area contributed by atoms with E-state index in [2.05, 4.69) is 44.3 Å². The van der Waals surface area contributed by atoms with Crippen LogP contribution in [0.15, 0.2) is 42.5 Å². The van der Waals surface area contributed by atoms with E-state index >= 15 is 0 Å². The average Bonchev–Trinajstić information content (AvgIpc) is 2.66. The van der Waals surface area contributed by atoms with Crippen molar-refractivity contribution in [3.63, 3.8) is 0 Å². The normalized spacial score (nSPS) is 10.4. The van der Waals surface area contributed by atoms with Gasteiger partial charge in [0, 0.05) is 6.54 Å². The van der Waals surface area contributed by atoms with E-state index in [0.717, 1.165) is 17.1 Å². The van der Waals surface area contributed by atoms with Crippen LogP contribution >= 0.6 is 0 Å². The minimum absolute atomic E-state index is 0.118. The zero-order valence-electron chi connectivity index (χ0n) is 16.8. The average molecular weight is 380 g/mol. The van der Waals surface area contributed by atoms with E-state index < -0.39 is 0 Å². The highest BCUT2D eigenvalue weighted by atomic mass is 16.5. The predicted molar refractivity (Wildman–Crippen MR) is 110 cm³/mol. The van der Waals surface area contributed by atoms with E-state index in [4.69, 9.17) is 14.7 Å². The van der Waals surface area contributed by atoms with Gasteiger partial charge in [-0.15, -0.1) is 0 Å². The van der Waals surface area contributed by atoms with Crippen LogP contribution in [0, 0.1) is 18.3 Å². The fourth-order valence-electron chi connectivity index (χ4n) is 2.87. The molecule has 2 rings (SSSR count). The smallest absolute Gasteiger partial charge is 0.234 e. The molecule has 0 aromatic heterocycles. The van der Waals surface area contributed by atoms with E-state index in [9.17, 15) is 4.79 Å². The molecule has 0 aliphatic carbocycles. The fraction of sp³-hybridized carbons (Fsp3) is 0.391. The maximum absolute atomic E-state index is 11.4. The quantitative estimate of drug-likeness (QED) is 0.629. The lowest BCUT2D eigenvalue weighted by Crippen LogP contribution is -2.25. The molecule has 0 aliphatic heterocycles. The number of carbonyl (C=O) groups excluding carboxylic acids is 1. The predicted octanol–water partition coefficient (Wildman–Crippen LogP) is 4.15. The van der Waals surface area contributed by atoms with E-state index in [1.54, 1.807) is 0 Å². The van der Waals surface area contributed by atoms with E-state index in [1.165, 1.54) is 11.1 Å². The van der Waals surface area contributed by atoms with Crippen LogP contribution in [0.2, 0.25) is 0 Å².